The number of amides is 1. The Kier molecular flexibility index (Phi) is 5.62. The summed E-state index contributed by atoms with van der Waals surface area (Å²) in [6.45, 7) is 8.12. The molecule has 25 heavy (non-hydrogen) atoms. The number of hydrogen-bond donors (Lipinski definition) is 1. The van der Waals surface area contributed by atoms with Crippen LogP contribution in [0.4, 0.5) is 0 Å². The summed E-state index contributed by atoms with van der Waals surface area (Å²) in [6.07, 6.45) is 1.31. The molecular weight excluding hydrogens is 322 g/mol. The van der Waals surface area contributed by atoms with Gasteiger partial charge in [0.1, 0.15) is 5.82 Å². The van der Waals surface area contributed by atoms with Gasteiger partial charge in [0, 0.05) is 45.5 Å². The van der Waals surface area contributed by atoms with Crippen molar-refractivity contribution in [1.82, 2.24) is 24.4 Å². The number of aliphatic hydroxyl groups excluding tert-OH is 1. The molecule has 1 N–H and O–H groups in total. The number of carbonyl (C=O) groups excluding carboxylic acids is 1. The number of carbonyl (C=O) groups is 1. The predicted molar refractivity (Wildman–Crippen MR) is 92.6 cm³/mol. The average molecular weight is 347 g/mol. The van der Waals surface area contributed by atoms with E-state index in [9.17, 15) is 9.90 Å². The number of β-amino-alcohol motifs (C(OH)–C–C–N with tert-alkyl or cyclic N) is 1. The van der Waals surface area contributed by atoms with Crippen molar-refractivity contribution in [3.05, 3.63) is 29.7 Å². The monoisotopic (exact) mass is 347 g/mol. The molecule has 8 nitrogen and oxygen atoms in total. The molecule has 1 unspecified atom stereocenters. The lowest BCUT2D eigenvalue weighted by Gasteiger charge is -2.35. The maximum Gasteiger partial charge on any atom is 0.255 e. The van der Waals surface area contributed by atoms with Crippen molar-refractivity contribution >= 4 is 11.6 Å². The van der Waals surface area contributed by atoms with Crippen LogP contribution in [0.1, 0.15) is 23.1 Å². The summed E-state index contributed by atoms with van der Waals surface area (Å²) in [7, 11) is 0. The molecule has 3 heterocycles. The number of hydrogen-bond acceptors (Lipinski definition) is 6. The Bertz CT molecular complexity index is 724. The fourth-order valence-corrected chi connectivity index (χ4v) is 3.05. The molecule has 136 valence electrons. The molecule has 0 aliphatic carbocycles. The summed E-state index contributed by atoms with van der Waals surface area (Å²) in [4.78, 5) is 16.8. The highest BCUT2D eigenvalue weighted by molar-refractivity contribution is 5.94. The van der Waals surface area contributed by atoms with Crippen molar-refractivity contribution in [2.45, 2.75) is 20.0 Å². The van der Waals surface area contributed by atoms with Crippen LogP contribution >= 0.6 is 0 Å². The van der Waals surface area contributed by atoms with E-state index in [1.54, 1.807) is 12.3 Å². The minimum Gasteiger partial charge on any atom is -0.389 e. The lowest BCUT2D eigenvalue weighted by Crippen LogP contribution is -2.50. The van der Waals surface area contributed by atoms with Crippen LogP contribution in [0.2, 0.25) is 0 Å². The van der Waals surface area contributed by atoms with Gasteiger partial charge in [0.05, 0.1) is 18.3 Å². The maximum absolute atomic E-state index is 12.7. The first kappa shape index (κ1) is 17.8. The summed E-state index contributed by atoms with van der Waals surface area (Å²) in [5.74, 6) is 0.780. The highest BCUT2D eigenvalue weighted by Gasteiger charge is 2.23. The highest BCUT2D eigenvalue weighted by Crippen LogP contribution is 2.12. The third kappa shape index (κ3) is 4.15. The topological polar surface area (TPSA) is 83.2 Å². The average Bonchev–Trinajstić information content (AvgIpc) is 3.00. The molecule has 1 aliphatic rings. The molecule has 0 saturated carbocycles. The number of piperazine rings is 1. The van der Waals surface area contributed by atoms with Gasteiger partial charge in [-0.3, -0.25) is 14.1 Å². The number of fused-ring (bicyclic) bond motifs is 1. The molecule has 2 aromatic rings. The van der Waals surface area contributed by atoms with E-state index in [1.807, 2.05) is 29.2 Å². The molecule has 1 fully saturated rings. The fourth-order valence-electron chi connectivity index (χ4n) is 3.05. The Morgan fingerprint density at radius 3 is 2.76 bits per heavy atom. The SMILES string of the molecule is CCOCC(O)CN1CCN(C(=O)c2ccc3nnc(C)n3c2)CC1. The summed E-state index contributed by atoms with van der Waals surface area (Å²) >= 11 is 0. The Labute approximate surface area is 147 Å². The lowest BCUT2D eigenvalue weighted by molar-refractivity contribution is 0.0111. The maximum atomic E-state index is 12.7. The van der Waals surface area contributed by atoms with Crippen molar-refractivity contribution in [3.63, 3.8) is 0 Å². The van der Waals surface area contributed by atoms with E-state index in [0.29, 0.717) is 38.4 Å². The molecule has 2 aromatic heterocycles. The van der Waals surface area contributed by atoms with Crippen LogP contribution < -0.4 is 0 Å². The normalized spacial score (nSPS) is 17.2. The molecule has 3 rings (SSSR count). The Morgan fingerprint density at radius 1 is 1.28 bits per heavy atom. The van der Waals surface area contributed by atoms with Crippen LogP contribution in [0, 0.1) is 6.92 Å². The van der Waals surface area contributed by atoms with Crippen LogP contribution in [0.3, 0.4) is 0 Å². The van der Waals surface area contributed by atoms with E-state index in [0.717, 1.165) is 24.6 Å². The molecule has 1 amide bonds. The Hall–Kier alpha value is -2.03. The van der Waals surface area contributed by atoms with Crippen molar-refractivity contribution in [1.29, 1.82) is 0 Å². The van der Waals surface area contributed by atoms with Crippen molar-refractivity contribution in [2.75, 3.05) is 45.9 Å². The van der Waals surface area contributed by atoms with Gasteiger partial charge in [-0.05, 0) is 26.0 Å². The number of nitrogens with zero attached hydrogens (tertiary/aromatic N) is 5. The molecule has 1 atom stereocenters. The summed E-state index contributed by atoms with van der Waals surface area (Å²) in [5.41, 5.74) is 1.38. The summed E-state index contributed by atoms with van der Waals surface area (Å²) in [6, 6.07) is 3.61. The molecular formula is C17H25N5O3. The molecule has 1 aliphatic heterocycles. The van der Waals surface area contributed by atoms with E-state index in [-0.39, 0.29) is 5.91 Å². The minimum atomic E-state index is -0.485. The van der Waals surface area contributed by atoms with E-state index in [4.69, 9.17) is 4.74 Å². The van der Waals surface area contributed by atoms with E-state index in [2.05, 4.69) is 15.1 Å². The lowest BCUT2D eigenvalue weighted by atomic mass is 10.2. The predicted octanol–water partition coefficient (Wildman–Crippen LogP) is 0.193. The fraction of sp³-hybridized carbons (Fsp3) is 0.588. The Balaban J connectivity index is 1.56. The highest BCUT2D eigenvalue weighted by atomic mass is 16.5. The molecule has 8 heteroatoms. The van der Waals surface area contributed by atoms with E-state index < -0.39 is 6.10 Å². The van der Waals surface area contributed by atoms with Gasteiger partial charge in [-0.1, -0.05) is 0 Å². The number of aliphatic hydroxyl groups is 1. The zero-order chi connectivity index (χ0) is 17.8. The quantitative estimate of drug-likeness (QED) is 0.803. The number of aromatic nitrogens is 3. The smallest absolute Gasteiger partial charge is 0.255 e. The number of rotatable bonds is 6. The van der Waals surface area contributed by atoms with Crippen molar-refractivity contribution < 1.29 is 14.6 Å². The number of ether oxygens (including phenoxy) is 1. The van der Waals surface area contributed by atoms with Crippen LogP contribution in [0.5, 0.6) is 0 Å². The Morgan fingerprint density at radius 2 is 2.04 bits per heavy atom. The second kappa shape index (κ2) is 7.90. The van der Waals surface area contributed by atoms with Gasteiger partial charge in [-0.25, -0.2) is 0 Å². The van der Waals surface area contributed by atoms with Crippen LogP contribution in [-0.4, -0.2) is 87.5 Å². The third-order valence-electron chi connectivity index (χ3n) is 4.46. The summed E-state index contributed by atoms with van der Waals surface area (Å²) in [5, 5.41) is 18.0. The van der Waals surface area contributed by atoms with Crippen LogP contribution in [-0.2, 0) is 4.74 Å². The van der Waals surface area contributed by atoms with Gasteiger partial charge in [0.25, 0.3) is 5.91 Å². The van der Waals surface area contributed by atoms with Gasteiger partial charge in [0.15, 0.2) is 5.65 Å². The van der Waals surface area contributed by atoms with Gasteiger partial charge in [0.2, 0.25) is 0 Å². The zero-order valence-electron chi connectivity index (χ0n) is 14.8. The van der Waals surface area contributed by atoms with Gasteiger partial charge in [-0.15, -0.1) is 10.2 Å². The van der Waals surface area contributed by atoms with E-state index in [1.165, 1.54) is 0 Å². The first-order valence-corrected chi connectivity index (χ1v) is 8.67. The molecule has 0 spiro atoms. The van der Waals surface area contributed by atoms with Crippen LogP contribution in [0.25, 0.3) is 5.65 Å². The van der Waals surface area contributed by atoms with Gasteiger partial charge < -0.3 is 14.7 Å². The molecule has 1 saturated heterocycles. The zero-order valence-corrected chi connectivity index (χ0v) is 14.8. The van der Waals surface area contributed by atoms with Crippen LogP contribution in [0.15, 0.2) is 18.3 Å². The molecule has 0 aromatic carbocycles. The van der Waals surface area contributed by atoms with Gasteiger partial charge in [-0.2, -0.15) is 0 Å². The number of pyridine rings is 1. The van der Waals surface area contributed by atoms with Gasteiger partial charge >= 0.3 is 0 Å². The number of aryl methyl sites for hydroxylation is 1. The third-order valence-corrected chi connectivity index (χ3v) is 4.46. The molecule has 0 bridgehead atoms. The van der Waals surface area contributed by atoms with Crippen molar-refractivity contribution in [3.8, 4) is 0 Å². The minimum absolute atomic E-state index is 0.0181. The molecule has 0 radical (unpaired) electrons. The largest absolute Gasteiger partial charge is 0.389 e. The van der Waals surface area contributed by atoms with E-state index >= 15 is 0 Å². The second-order valence-electron chi connectivity index (χ2n) is 6.30. The van der Waals surface area contributed by atoms with Crippen molar-refractivity contribution in [2.24, 2.45) is 0 Å². The first-order chi connectivity index (χ1) is 12.1. The second-order valence-corrected chi connectivity index (χ2v) is 6.30. The summed E-state index contributed by atoms with van der Waals surface area (Å²) < 4.78 is 7.07. The standard InChI is InChI=1S/C17H25N5O3/c1-3-25-12-15(23)11-20-6-8-21(9-7-20)17(24)14-4-5-16-19-18-13(2)22(16)10-14/h4-5,10,15,23H,3,6-9,11-12H2,1-2H3. The first-order valence-electron chi connectivity index (χ1n) is 8.67.